The average molecular weight is 468 g/mol. The van der Waals surface area contributed by atoms with E-state index in [4.69, 9.17) is 9.47 Å². The van der Waals surface area contributed by atoms with Crippen LogP contribution >= 0.6 is 0 Å². The summed E-state index contributed by atoms with van der Waals surface area (Å²) in [5, 5.41) is 11.5. The summed E-state index contributed by atoms with van der Waals surface area (Å²) in [5.41, 5.74) is 3.67. The highest BCUT2D eigenvalue weighted by Gasteiger charge is 2.55. The van der Waals surface area contributed by atoms with E-state index < -0.39 is 27.7 Å². The van der Waals surface area contributed by atoms with Crippen molar-refractivity contribution in [2.24, 2.45) is 5.41 Å². The summed E-state index contributed by atoms with van der Waals surface area (Å²) in [5.74, 6) is -1.35. The Morgan fingerprint density at radius 2 is 1.82 bits per heavy atom. The van der Waals surface area contributed by atoms with Gasteiger partial charge in [0.1, 0.15) is 0 Å². The number of rotatable bonds is 8. The van der Waals surface area contributed by atoms with Gasteiger partial charge in [-0.05, 0) is 48.5 Å². The lowest BCUT2D eigenvalue weighted by molar-refractivity contribution is -0.385. The smallest absolute Gasteiger partial charge is 0.327 e. The molecule has 7 heteroatoms. The van der Waals surface area contributed by atoms with Gasteiger partial charge in [-0.15, -0.1) is 5.73 Å². The van der Waals surface area contributed by atoms with E-state index in [0.29, 0.717) is 0 Å². The molecule has 0 aromatic heterocycles. The second-order valence-electron chi connectivity index (χ2n) is 9.11. The van der Waals surface area contributed by atoms with E-state index in [1.165, 1.54) is 20.3 Å². The molecule has 1 aromatic rings. The number of benzene rings is 1. The quantitative estimate of drug-likeness (QED) is 0.121. The van der Waals surface area contributed by atoms with Crippen molar-refractivity contribution in [3.8, 4) is 0 Å². The van der Waals surface area contributed by atoms with Crippen LogP contribution in [0.25, 0.3) is 0 Å². The number of non-ortho nitro benzene ring substituents is 1. The van der Waals surface area contributed by atoms with Crippen LogP contribution in [0.4, 0.5) is 5.69 Å². The minimum absolute atomic E-state index is 0.0252. The summed E-state index contributed by atoms with van der Waals surface area (Å²) in [7, 11) is 2.52. The normalized spacial score (nSPS) is 18.4. The standard InChI is InChI=1S/C27H33NO6/c1-4-5-6-8-12-20-18-27(24(29)33-2,25(30)34-3)19-23(20)26(15-9-7-10-16-26)21-13-11-14-22(17-21)28(31)32/h8,11,13-14,17,19H,4-7,9-10,15-16,18H2,1-3H3. The summed E-state index contributed by atoms with van der Waals surface area (Å²) in [4.78, 5) is 37.1. The number of hydrogen-bond donors (Lipinski definition) is 0. The van der Waals surface area contributed by atoms with Gasteiger partial charge in [-0.1, -0.05) is 50.8 Å². The fraction of sp³-hybridized carbons (Fsp3) is 0.519. The molecule has 0 bridgehead atoms. The molecule has 182 valence electrons. The van der Waals surface area contributed by atoms with Gasteiger partial charge in [0.25, 0.3) is 5.69 Å². The molecule has 0 aliphatic heterocycles. The molecular weight excluding hydrogens is 434 g/mol. The predicted octanol–water partition coefficient (Wildman–Crippen LogP) is 5.73. The third-order valence-electron chi connectivity index (χ3n) is 7.08. The molecule has 0 N–H and O–H groups in total. The first-order valence-electron chi connectivity index (χ1n) is 11.9. The number of hydrogen-bond acceptors (Lipinski definition) is 6. The van der Waals surface area contributed by atoms with Gasteiger partial charge in [0, 0.05) is 24.0 Å². The van der Waals surface area contributed by atoms with Crippen LogP contribution in [0.1, 0.15) is 70.3 Å². The Hall–Kier alpha value is -3.18. The first-order valence-corrected chi connectivity index (χ1v) is 11.9. The molecule has 0 unspecified atom stereocenters. The van der Waals surface area contributed by atoms with Gasteiger partial charge in [-0.25, -0.2) is 0 Å². The molecule has 2 aliphatic carbocycles. The molecule has 0 amide bonds. The van der Waals surface area contributed by atoms with Crippen molar-refractivity contribution >= 4 is 17.6 Å². The van der Waals surface area contributed by atoms with E-state index in [1.807, 2.05) is 12.1 Å². The lowest BCUT2D eigenvalue weighted by Gasteiger charge is -2.39. The number of nitro groups is 1. The van der Waals surface area contributed by atoms with Crippen molar-refractivity contribution in [3.05, 3.63) is 69.0 Å². The van der Waals surface area contributed by atoms with Crippen molar-refractivity contribution in [1.29, 1.82) is 0 Å². The highest BCUT2D eigenvalue weighted by molar-refractivity contribution is 6.04. The molecule has 0 saturated heterocycles. The average Bonchev–Trinajstić information content (AvgIpc) is 3.27. The number of allylic oxidation sites excluding steroid dienone is 2. The van der Waals surface area contributed by atoms with Gasteiger partial charge in [0.2, 0.25) is 0 Å². The Morgan fingerprint density at radius 1 is 1.15 bits per heavy atom. The molecule has 3 rings (SSSR count). The number of nitro benzene ring substituents is 1. The van der Waals surface area contributed by atoms with Gasteiger partial charge in [0.15, 0.2) is 5.41 Å². The van der Waals surface area contributed by atoms with Crippen LogP contribution in [0, 0.1) is 15.5 Å². The summed E-state index contributed by atoms with van der Waals surface area (Å²) in [6.07, 6.45) is 11.1. The molecule has 0 spiro atoms. The number of ether oxygens (including phenoxy) is 2. The van der Waals surface area contributed by atoms with Crippen molar-refractivity contribution in [2.45, 2.75) is 70.1 Å². The maximum atomic E-state index is 13.0. The van der Waals surface area contributed by atoms with E-state index in [2.05, 4.69) is 12.7 Å². The third-order valence-corrected chi connectivity index (χ3v) is 7.08. The molecule has 0 heterocycles. The first-order chi connectivity index (χ1) is 16.3. The fourth-order valence-electron chi connectivity index (χ4n) is 5.31. The second kappa shape index (κ2) is 10.8. The molecule has 34 heavy (non-hydrogen) atoms. The molecule has 0 radical (unpaired) electrons. The molecule has 1 saturated carbocycles. The van der Waals surface area contributed by atoms with E-state index in [-0.39, 0.29) is 12.1 Å². The van der Waals surface area contributed by atoms with Crippen LogP contribution in [-0.4, -0.2) is 31.1 Å². The van der Waals surface area contributed by atoms with Gasteiger partial charge < -0.3 is 9.47 Å². The van der Waals surface area contributed by atoms with E-state index >= 15 is 0 Å². The van der Waals surface area contributed by atoms with Crippen molar-refractivity contribution in [1.82, 2.24) is 0 Å². The molecule has 1 aromatic carbocycles. The highest BCUT2D eigenvalue weighted by Crippen LogP contribution is 2.54. The molecule has 0 atom stereocenters. The molecule has 1 fully saturated rings. The number of unbranched alkanes of at least 4 members (excludes halogenated alkanes) is 2. The zero-order valence-corrected chi connectivity index (χ0v) is 20.2. The van der Waals surface area contributed by atoms with Gasteiger partial charge in [-0.3, -0.25) is 19.7 Å². The number of esters is 2. The zero-order chi connectivity index (χ0) is 24.8. The van der Waals surface area contributed by atoms with Crippen molar-refractivity contribution in [3.63, 3.8) is 0 Å². The van der Waals surface area contributed by atoms with Crippen LogP contribution in [0.3, 0.4) is 0 Å². The van der Waals surface area contributed by atoms with E-state index in [9.17, 15) is 19.7 Å². The summed E-state index contributed by atoms with van der Waals surface area (Å²) >= 11 is 0. The summed E-state index contributed by atoms with van der Waals surface area (Å²) in [6, 6.07) is 6.72. The predicted molar refractivity (Wildman–Crippen MR) is 128 cm³/mol. The summed E-state index contributed by atoms with van der Waals surface area (Å²) in [6.45, 7) is 2.11. The van der Waals surface area contributed by atoms with Crippen LogP contribution in [0.15, 0.2) is 53.3 Å². The first kappa shape index (κ1) is 25.4. The number of carbonyl (C=O) groups is 2. The SMILES string of the molecule is CCCCC=C=C1CC(C(=O)OC)(C(=O)OC)C=C1C1(c2cccc([N+](=O)[O-])c2)CCCCC1. The lowest BCUT2D eigenvalue weighted by Crippen LogP contribution is -2.38. The zero-order valence-electron chi connectivity index (χ0n) is 20.2. The van der Waals surface area contributed by atoms with Gasteiger partial charge in [-0.2, -0.15) is 0 Å². The Kier molecular flexibility index (Phi) is 8.11. The van der Waals surface area contributed by atoms with E-state index in [0.717, 1.165) is 68.1 Å². The van der Waals surface area contributed by atoms with Crippen LogP contribution in [-0.2, 0) is 24.5 Å². The minimum Gasteiger partial charge on any atom is -0.468 e. The van der Waals surface area contributed by atoms with E-state index in [1.54, 1.807) is 18.2 Å². The van der Waals surface area contributed by atoms with Crippen LogP contribution in [0.5, 0.6) is 0 Å². The van der Waals surface area contributed by atoms with Crippen LogP contribution in [0.2, 0.25) is 0 Å². The van der Waals surface area contributed by atoms with Gasteiger partial charge in [0.05, 0.1) is 19.1 Å². The van der Waals surface area contributed by atoms with Crippen molar-refractivity contribution < 1.29 is 24.0 Å². The Labute approximate surface area is 200 Å². The Bertz CT molecular complexity index is 1020. The van der Waals surface area contributed by atoms with Crippen LogP contribution < -0.4 is 0 Å². The minimum atomic E-state index is -1.59. The summed E-state index contributed by atoms with van der Waals surface area (Å²) < 4.78 is 10.1. The topological polar surface area (TPSA) is 95.7 Å². The third kappa shape index (κ3) is 4.71. The largest absolute Gasteiger partial charge is 0.468 e. The molecule has 7 nitrogen and oxygen atoms in total. The maximum absolute atomic E-state index is 13.0. The molecule has 2 aliphatic rings. The molecular formula is C27H33NO6. The number of methoxy groups -OCH3 is 2. The lowest BCUT2D eigenvalue weighted by atomic mass is 9.63. The monoisotopic (exact) mass is 467 g/mol. The van der Waals surface area contributed by atoms with Crippen molar-refractivity contribution in [2.75, 3.05) is 14.2 Å². The fourth-order valence-corrected chi connectivity index (χ4v) is 5.31. The Morgan fingerprint density at radius 3 is 2.41 bits per heavy atom. The number of nitrogens with zero attached hydrogens (tertiary/aromatic N) is 1. The number of carbonyl (C=O) groups excluding carboxylic acids is 2. The highest BCUT2D eigenvalue weighted by atomic mass is 16.6. The van der Waals surface area contributed by atoms with Gasteiger partial charge >= 0.3 is 11.9 Å². The Balaban J connectivity index is 2.27. The second-order valence-corrected chi connectivity index (χ2v) is 9.11. The maximum Gasteiger partial charge on any atom is 0.327 e.